The van der Waals surface area contributed by atoms with Crippen LogP contribution in [0.15, 0.2) is 22.1 Å². The first-order chi connectivity index (χ1) is 8.38. The molecule has 0 aliphatic carbocycles. The predicted molar refractivity (Wildman–Crippen MR) is 75.2 cm³/mol. The van der Waals surface area contributed by atoms with Gasteiger partial charge in [-0.1, -0.05) is 20.8 Å². The van der Waals surface area contributed by atoms with Crippen LogP contribution < -0.4 is 5.73 Å². The normalized spacial score (nSPS) is 13.8. The standard InChI is InChI=1S/C13H17ClN2OS/c1-13(2,3)10-7-18-11(16-10)6-9(15)8-4-5-17-12(8)14/h4-5,7,9H,6,15H2,1-3H3. The molecule has 0 aliphatic rings. The first kappa shape index (κ1) is 13.6. The lowest BCUT2D eigenvalue weighted by Gasteiger charge is -2.14. The van der Waals surface area contributed by atoms with Crippen molar-refractivity contribution in [3.8, 4) is 0 Å². The second-order valence-corrected chi connectivity index (χ2v) is 6.62. The van der Waals surface area contributed by atoms with E-state index in [4.69, 9.17) is 21.8 Å². The molecule has 2 rings (SSSR count). The van der Waals surface area contributed by atoms with Crippen molar-refractivity contribution < 1.29 is 4.42 Å². The molecule has 1 atom stereocenters. The number of aromatic nitrogens is 1. The van der Waals surface area contributed by atoms with Gasteiger partial charge in [0.05, 0.1) is 17.0 Å². The van der Waals surface area contributed by atoms with Gasteiger partial charge < -0.3 is 10.2 Å². The molecule has 0 saturated carbocycles. The van der Waals surface area contributed by atoms with Crippen LogP contribution in [0.4, 0.5) is 0 Å². The molecule has 18 heavy (non-hydrogen) atoms. The quantitative estimate of drug-likeness (QED) is 0.929. The summed E-state index contributed by atoms with van der Waals surface area (Å²) in [6, 6.07) is 1.64. The number of hydrogen-bond acceptors (Lipinski definition) is 4. The van der Waals surface area contributed by atoms with Crippen molar-refractivity contribution in [1.82, 2.24) is 4.98 Å². The summed E-state index contributed by atoms with van der Waals surface area (Å²) in [5.74, 6) is 0. The highest BCUT2D eigenvalue weighted by Gasteiger charge is 2.19. The maximum Gasteiger partial charge on any atom is 0.197 e. The molecule has 0 bridgehead atoms. The zero-order chi connectivity index (χ0) is 13.3. The monoisotopic (exact) mass is 284 g/mol. The molecule has 2 aromatic heterocycles. The molecule has 2 heterocycles. The molecule has 3 nitrogen and oxygen atoms in total. The molecule has 0 spiro atoms. The number of halogens is 1. The van der Waals surface area contributed by atoms with Crippen molar-refractivity contribution in [2.24, 2.45) is 5.73 Å². The van der Waals surface area contributed by atoms with Gasteiger partial charge in [-0.2, -0.15) is 0 Å². The molecule has 0 aliphatic heterocycles. The van der Waals surface area contributed by atoms with Crippen LogP contribution in [0.25, 0.3) is 0 Å². The molecule has 0 radical (unpaired) electrons. The van der Waals surface area contributed by atoms with Gasteiger partial charge >= 0.3 is 0 Å². The summed E-state index contributed by atoms with van der Waals surface area (Å²) in [7, 11) is 0. The fraction of sp³-hybridized carbons (Fsp3) is 0.462. The minimum absolute atomic E-state index is 0.0755. The Hall–Kier alpha value is -0.840. The SMILES string of the molecule is CC(C)(C)c1csc(CC(N)c2ccoc2Cl)n1. The highest BCUT2D eigenvalue weighted by Crippen LogP contribution is 2.28. The van der Waals surface area contributed by atoms with Gasteiger partial charge in [-0.3, -0.25) is 0 Å². The van der Waals surface area contributed by atoms with Gasteiger partial charge in [0.25, 0.3) is 0 Å². The Bertz CT molecular complexity index is 527. The van der Waals surface area contributed by atoms with Crippen LogP contribution in [-0.4, -0.2) is 4.98 Å². The molecule has 0 saturated heterocycles. The van der Waals surface area contributed by atoms with E-state index in [1.807, 2.05) is 6.07 Å². The average molecular weight is 285 g/mol. The highest BCUT2D eigenvalue weighted by molar-refractivity contribution is 7.09. The van der Waals surface area contributed by atoms with E-state index in [0.717, 1.165) is 16.3 Å². The van der Waals surface area contributed by atoms with E-state index in [9.17, 15) is 0 Å². The molecule has 2 N–H and O–H groups in total. The van der Waals surface area contributed by atoms with Crippen molar-refractivity contribution in [1.29, 1.82) is 0 Å². The summed E-state index contributed by atoms with van der Waals surface area (Å²) in [6.45, 7) is 6.45. The third-order valence-electron chi connectivity index (χ3n) is 2.76. The Morgan fingerprint density at radius 1 is 1.50 bits per heavy atom. The van der Waals surface area contributed by atoms with Gasteiger partial charge in [-0.15, -0.1) is 11.3 Å². The molecule has 0 aromatic carbocycles. The van der Waals surface area contributed by atoms with Crippen molar-refractivity contribution in [3.63, 3.8) is 0 Å². The van der Waals surface area contributed by atoms with Gasteiger partial charge in [-0.25, -0.2) is 4.98 Å². The number of nitrogens with two attached hydrogens (primary N) is 1. The van der Waals surface area contributed by atoms with E-state index in [1.54, 1.807) is 17.6 Å². The van der Waals surface area contributed by atoms with Crippen LogP contribution >= 0.6 is 22.9 Å². The molecule has 2 aromatic rings. The highest BCUT2D eigenvalue weighted by atomic mass is 35.5. The summed E-state index contributed by atoms with van der Waals surface area (Å²) in [4.78, 5) is 4.63. The van der Waals surface area contributed by atoms with E-state index in [-0.39, 0.29) is 11.5 Å². The van der Waals surface area contributed by atoms with Gasteiger partial charge in [0, 0.05) is 28.8 Å². The van der Waals surface area contributed by atoms with Crippen LogP contribution in [0.5, 0.6) is 0 Å². The molecular weight excluding hydrogens is 268 g/mol. The molecule has 98 valence electrons. The van der Waals surface area contributed by atoms with Gasteiger partial charge in [0.2, 0.25) is 0 Å². The van der Waals surface area contributed by atoms with Crippen LogP contribution in [0.1, 0.15) is 43.1 Å². The second-order valence-electron chi connectivity index (χ2n) is 5.34. The third-order valence-corrected chi connectivity index (χ3v) is 3.94. The van der Waals surface area contributed by atoms with E-state index < -0.39 is 0 Å². The zero-order valence-electron chi connectivity index (χ0n) is 10.7. The largest absolute Gasteiger partial charge is 0.453 e. The lowest BCUT2D eigenvalue weighted by Crippen LogP contribution is -2.14. The molecule has 1 unspecified atom stereocenters. The summed E-state index contributed by atoms with van der Waals surface area (Å²) in [5.41, 5.74) is 8.13. The predicted octanol–water partition coefficient (Wildman–Crippen LogP) is 3.93. The van der Waals surface area contributed by atoms with E-state index >= 15 is 0 Å². The Morgan fingerprint density at radius 2 is 2.22 bits per heavy atom. The topological polar surface area (TPSA) is 52.0 Å². The van der Waals surface area contributed by atoms with Gasteiger partial charge in [0.1, 0.15) is 0 Å². The minimum Gasteiger partial charge on any atom is -0.453 e. The zero-order valence-corrected chi connectivity index (χ0v) is 12.3. The smallest absolute Gasteiger partial charge is 0.197 e. The maximum atomic E-state index is 6.11. The fourth-order valence-electron chi connectivity index (χ4n) is 1.62. The minimum atomic E-state index is -0.171. The molecule has 5 heteroatoms. The number of furan rings is 1. The summed E-state index contributed by atoms with van der Waals surface area (Å²) in [6.07, 6.45) is 2.24. The van der Waals surface area contributed by atoms with E-state index in [2.05, 4.69) is 31.1 Å². The van der Waals surface area contributed by atoms with E-state index in [1.165, 1.54) is 0 Å². The molecular formula is C13H17ClN2OS. The van der Waals surface area contributed by atoms with Gasteiger partial charge in [-0.05, 0) is 17.7 Å². The summed E-state index contributed by atoms with van der Waals surface area (Å²) >= 11 is 7.56. The van der Waals surface area contributed by atoms with Crippen LogP contribution in [-0.2, 0) is 11.8 Å². The Balaban J connectivity index is 2.11. The number of hydrogen-bond donors (Lipinski definition) is 1. The van der Waals surface area contributed by atoms with Gasteiger partial charge in [0.15, 0.2) is 5.22 Å². The first-order valence-corrected chi connectivity index (χ1v) is 7.07. The summed E-state index contributed by atoms with van der Waals surface area (Å²) in [5, 5.41) is 3.50. The van der Waals surface area contributed by atoms with Crippen molar-refractivity contribution in [2.75, 3.05) is 0 Å². The van der Waals surface area contributed by atoms with Crippen LogP contribution in [0, 0.1) is 0 Å². The van der Waals surface area contributed by atoms with Crippen LogP contribution in [0.2, 0.25) is 5.22 Å². The van der Waals surface area contributed by atoms with E-state index in [0.29, 0.717) is 11.6 Å². The molecule has 0 fully saturated rings. The Labute approximate surface area is 116 Å². The Morgan fingerprint density at radius 3 is 2.72 bits per heavy atom. The second kappa shape index (κ2) is 5.03. The maximum absolute atomic E-state index is 6.11. The lowest BCUT2D eigenvalue weighted by atomic mass is 9.93. The summed E-state index contributed by atoms with van der Waals surface area (Å²) < 4.78 is 5.05. The van der Waals surface area contributed by atoms with Crippen LogP contribution in [0.3, 0.4) is 0 Å². The molecule has 0 amide bonds. The van der Waals surface area contributed by atoms with Crippen molar-refractivity contribution >= 4 is 22.9 Å². The number of rotatable bonds is 3. The fourth-order valence-corrected chi connectivity index (χ4v) is 2.95. The number of thiazole rings is 1. The van der Waals surface area contributed by atoms with Crippen molar-refractivity contribution in [3.05, 3.63) is 39.2 Å². The third kappa shape index (κ3) is 2.94. The lowest BCUT2D eigenvalue weighted by molar-refractivity contribution is 0.558. The number of nitrogens with zero attached hydrogens (tertiary/aromatic N) is 1. The average Bonchev–Trinajstić information content (AvgIpc) is 2.85. The first-order valence-electron chi connectivity index (χ1n) is 5.81. The van der Waals surface area contributed by atoms with Crippen molar-refractivity contribution in [2.45, 2.75) is 38.6 Å². The Kier molecular flexibility index (Phi) is 3.80.